The first-order valence-corrected chi connectivity index (χ1v) is 9.02. The molecule has 2 N–H and O–H groups in total. The number of nitrogens with one attached hydrogen (secondary N) is 1. The maximum Gasteiger partial charge on any atom is 0.160 e. The Balaban J connectivity index is 1.70. The monoisotopic (exact) mass is 377 g/mol. The van der Waals surface area contributed by atoms with Crippen molar-refractivity contribution >= 4 is 17.0 Å². The molecular weight excluding hydrogens is 354 g/mol. The van der Waals surface area contributed by atoms with Crippen LogP contribution in [-0.2, 0) is 5.60 Å². The van der Waals surface area contributed by atoms with Crippen LogP contribution >= 0.6 is 0 Å². The lowest BCUT2D eigenvalue weighted by molar-refractivity contribution is 0.0744. The topological polar surface area (TPSA) is 76.6 Å². The van der Waals surface area contributed by atoms with Crippen LogP contribution in [0.1, 0.15) is 25.2 Å². The number of aromatic nitrogens is 4. The summed E-state index contributed by atoms with van der Waals surface area (Å²) in [5.74, 6) is 0.731. The molecule has 0 fully saturated rings. The van der Waals surface area contributed by atoms with E-state index in [1.807, 2.05) is 64.8 Å². The summed E-state index contributed by atoms with van der Waals surface area (Å²) >= 11 is 0. The number of rotatable bonds is 5. The molecule has 0 unspecified atom stereocenters. The third-order valence-electron chi connectivity index (χ3n) is 4.56. The average Bonchev–Trinajstić information content (AvgIpc) is 3.28. The van der Waals surface area contributed by atoms with E-state index < -0.39 is 5.60 Å². The van der Waals surface area contributed by atoms with Gasteiger partial charge in [0, 0.05) is 30.3 Å². The number of aryl methyl sites for hydroxylation is 1. The highest BCUT2D eigenvalue weighted by molar-refractivity contribution is 5.75. The predicted molar refractivity (Wildman–Crippen MR) is 109 cm³/mol. The molecule has 0 amide bonds. The van der Waals surface area contributed by atoms with E-state index in [-0.39, 0.29) is 0 Å². The number of fused-ring (bicyclic) bond motifs is 1. The smallest absolute Gasteiger partial charge is 0.160 e. The summed E-state index contributed by atoms with van der Waals surface area (Å²) in [6.45, 7) is 5.40. The minimum absolute atomic E-state index is 0.616. The van der Waals surface area contributed by atoms with E-state index in [4.69, 9.17) is 4.74 Å². The highest BCUT2D eigenvalue weighted by atomic mass is 16.5. The molecule has 3 heterocycles. The highest BCUT2D eigenvalue weighted by Crippen LogP contribution is 2.30. The Morgan fingerprint density at radius 3 is 2.68 bits per heavy atom. The Morgan fingerprint density at radius 1 is 1.18 bits per heavy atom. The van der Waals surface area contributed by atoms with Crippen LogP contribution in [0, 0.1) is 6.92 Å². The molecule has 0 atom stereocenters. The largest absolute Gasteiger partial charge is 0.494 e. The van der Waals surface area contributed by atoms with E-state index in [1.165, 1.54) is 0 Å². The number of ether oxygens (including phenoxy) is 1. The zero-order valence-corrected chi connectivity index (χ0v) is 16.3. The van der Waals surface area contributed by atoms with Gasteiger partial charge in [-0.05, 0) is 45.0 Å². The minimum atomic E-state index is -1.00. The van der Waals surface area contributed by atoms with Crippen molar-refractivity contribution in [3.8, 4) is 11.4 Å². The third-order valence-corrected chi connectivity index (χ3v) is 4.56. The van der Waals surface area contributed by atoms with Crippen molar-refractivity contribution in [2.24, 2.45) is 0 Å². The average molecular weight is 377 g/mol. The molecule has 3 aromatic heterocycles. The van der Waals surface area contributed by atoms with Gasteiger partial charge in [-0.3, -0.25) is 0 Å². The molecule has 0 spiro atoms. The molecule has 4 rings (SSSR count). The third kappa shape index (κ3) is 3.32. The van der Waals surface area contributed by atoms with Crippen LogP contribution in [0.3, 0.4) is 0 Å². The Kier molecular flexibility index (Phi) is 4.31. The van der Waals surface area contributed by atoms with Gasteiger partial charge in [-0.2, -0.15) is 0 Å². The fourth-order valence-corrected chi connectivity index (χ4v) is 3.08. The fourth-order valence-electron chi connectivity index (χ4n) is 3.08. The first-order valence-electron chi connectivity index (χ1n) is 9.02. The number of nitrogens with zero attached hydrogens (tertiary/aromatic N) is 4. The van der Waals surface area contributed by atoms with E-state index in [9.17, 15) is 5.11 Å². The van der Waals surface area contributed by atoms with Gasteiger partial charge in [-0.25, -0.2) is 9.97 Å². The lowest BCUT2D eigenvalue weighted by atomic mass is 10.1. The van der Waals surface area contributed by atoms with E-state index in [0.717, 1.165) is 34.2 Å². The van der Waals surface area contributed by atoms with Crippen molar-refractivity contribution in [1.82, 2.24) is 18.9 Å². The number of imidazole rings is 2. The standard InChI is InChI=1S/C21H23N5O2/c1-14-11-26(13-22-14)17-8-7-15(10-18(17)28-4)23-16-6-5-9-25-12-19(21(2,3)27)24-20(16)25/h5-13,23,27H,1-4H3. The molecule has 0 aliphatic rings. The van der Waals surface area contributed by atoms with E-state index in [2.05, 4.69) is 15.3 Å². The van der Waals surface area contributed by atoms with Crippen molar-refractivity contribution in [2.45, 2.75) is 26.4 Å². The second-order valence-corrected chi connectivity index (χ2v) is 7.27. The number of methoxy groups -OCH3 is 1. The van der Waals surface area contributed by atoms with Gasteiger partial charge < -0.3 is 24.1 Å². The second kappa shape index (κ2) is 6.69. The molecule has 0 saturated carbocycles. The predicted octanol–water partition coefficient (Wildman–Crippen LogP) is 3.81. The first-order chi connectivity index (χ1) is 13.3. The zero-order valence-electron chi connectivity index (χ0n) is 16.3. The van der Waals surface area contributed by atoms with Crippen LogP contribution < -0.4 is 10.1 Å². The second-order valence-electron chi connectivity index (χ2n) is 7.27. The van der Waals surface area contributed by atoms with E-state index >= 15 is 0 Å². The number of aliphatic hydroxyl groups is 1. The summed E-state index contributed by atoms with van der Waals surface area (Å²) in [4.78, 5) is 8.87. The Labute approximate surface area is 163 Å². The normalized spacial score (nSPS) is 11.8. The summed E-state index contributed by atoms with van der Waals surface area (Å²) < 4.78 is 9.41. The van der Waals surface area contributed by atoms with Crippen LogP contribution in [0.2, 0.25) is 0 Å². The molecule has 0 radical (unpaired) electrons. The van der Waals surface area contributed by atoms with Gasteiger partial charge in [0.1, 0.15) is 11.4 Å². The number of anilines is 2. The van der Waals surface area contributed by atoms with Crippen LogP contribution in [0.5, 0.6) is 5.75 Å². The Morgan fingerprint density at radius 2 is 2.00 bits per heavy atom. The van der Waals surface area contributed by atoms with Crippen LogP contribution in [0.4, 0.5) is 11.4 Å². The van der Waals surface area contributed by atoms with Crippen molar-refractivity contribution in [2.75, 3.05) is 12.4 Å². The van der Waals surface area contributed by atoms with E-state index in [1.54, 1.807) is 27.3 Å². The lowest BCUT2D eigenvalue weighted by Crippen LogP contribution is -2.15. The zero-order chi connectivity index (χ0) is 19.9. The molecule has 28 heavy (non-hydrogen) atoms. The maximum absolute atomic E-state index is 10.3. The van der Waals surface area contributed by atoms with Gasteiger partial charge >= 0.3 is 0 Å². The fraction of sp³-hybridized carbons (Fsp3) is 0.238. The summed E-state index contributed by atoms with van der Waals surface area (Å²) in [7, 11) is 1.65. The van der Waals surface area contributed by atoms with Crippen LogP contribution in [-0.4, -0.2) is 31.2 Å². The Hall–Kier alpha value is -3.32. The van der Waals surface area contributed by atoms with Gasteiger partial charge in [0.15, 0.2) is 5.65 Å². The molecule has 144 valence electrons. The molecule has 1 aromatic carbocycles. The molecule has 7 heteroatoms. The molecular formula is C21H23N5O2. The van der Waals surface area contributed by atoms with Crippen molar-refractivity contribution in [1.29, 1.82) is 0 Å². The van der Waals surface area contributed by atoms with Gasteiger partial charge in [-0.15, -0.1) is 0 Å². The van der Waals surface area contributed by atoms with E-state index in [0.29, 0.717) is 5.69 Å². The van der Waals surface area contributed by atoms with Crippen molar-refractivity contribution in [3.63, 3.8) is 0 Å². The number of hydrogen-bond donors (Lipinski definition) is 2. The van der Waals surface area contributed by atoms with Crippen molar-refractivity contribution in [3.05, 3.63) is 66.6 Å². The number of hydrogen-bond acceptors (Lipinski definition) is 5. The van der Waals surface area contributed by atoms with Gasteiger partial charge in [0.05, 0.1) is 36.2 Å². The first kappa shape index (κ1) is 18.1. The molecule has 7 nitrogen and oxygen atoms in total. The molecule has 0 saturated heterocycles. The molecule has 0 bridgehead atoms. The minimum Gasteiger partial charge on any atom is -0.494 e. The van der Waals surface area contributed by atoms with Gasteiger partial charge in [-0.1, -0.05) is 0 Å². The number of benzene rings is 1. The maximum atomic E-state index is 10.3. The lowest BCUT2D eigenvalue weighted by Gasteiger charge is -2.13. The summed E-state index contributed by atoms with van der Waals surface area (Å²) in [6, 6.07) is 9.79. The van der Waals surface area contributed by atoms with Crippen LogP contribution in [0.15, 0.2) is 55.2 Å². The summed E-state index contributed by atoms with van der Waals surface area (Å²) in [6.07, 6.45) is 7.47. The molecule has 0 aliphatic carbocycles. The molecule has 0 aliphatic heterocycles. The summed E-state index contributed by atoms with van der Waals surface area (Å²) in [5.41, 5.74) is 3.93. The van der Waals surface area contributed by atoms with Crippen LogP contribution in [0.25, 0.3) is 11.3 Å². The van der Waals surface area contributed by atoms with Gasteiger partial charge in [0.25, 0.3) is 0 Å². The van der Waals surface area contributed by atoms with Gasteiger partial charge in [0.2, 0.25) is 0 Å². The molecule has 4 aromatic rings. The SMILES string of the molecule is COc1cc(Nc2cccn3cc(C(C)(C)O)nc23)ccc1-n1cnc(C)c1. The Bertz CT molecular complexity index is 1140. The summed E-state index contributed by atoms with van der Waals surface area (Å²) in [5, 5.41) is 13.7. The highest BCUT2D eigenvalue weighted by Gasteiger charge is 2.20. The van der Waals surface area contributed by atoms with Crippen molar-refractivity contribution < 1.29 is 9.84 Å². The quantitative estimate of drug-likeness (QED) is 0.553. The number of pyridine rings is 1.